The second-order valence-corrected chi connectivity index (χ2v) is 5.87. The second kappa shape index (κ2) is 8.39. The van der Waals surface area contributed by atoms with E-state index in [4.69, 9.17) is 25.3 Å². The summed E-state index contributed by atoms with van der Waals surface area (Å²) in [5.41, 5.74) is 17.7. The summed E-state index contributed by atoms with van der Waals surface area (Å²) in [5, 5.41) is 6.77. The molecule has 3 atom stereocenters. The summed E-state index contributed by atoms with van der Waals surface area (Å²) >= 11 is 0. The first kappa shape index (κ1) is 19.8. The summed E-state index contributed by atoms with van der Waals surface area (Å²) in [5.74, 6) is -1.40. The van der Waals surface area contributed by atoms with Gasteiger partial charge in [0.25, 0.3) is 0 Å². The fraction of sp³-hybridized carbons (Fsp3) is 0.500. The van der Waals surface area contributed by atoms with Gasteiger partial charge < -0.3 is 14.2 Å². The number of azide groups is 2. The largest absolute Gasteiger partial charge is 0.463 e. The Hall–Kier alpha value is -3.93. The monoisotopic (exact) mass is 402 g/mol. The molecular weight excluding hydrogens is 388 g/mol. The van der Waals surface area contributed by atoms with Crippen LogP contribution in [0.5, 0.6) is 0 Å². The van der Waals surface area contributed by atoms with Crippen molar-refractivity contribution >= 4 is 34.9 Å². The fourth-order valence-corrected chi connectivity index (χ4v) is 2.86. The molecule has 0 radical (unpaired) electrons. The second-order valence-electron chi connectivity index (χ2n) is 5.87. The highest BCUT2D eigenvalue weighted by molar-refractivity contribution is 5.82. The van der Waals surface area contributed by atoms with Gasteiger partial charge in [-0.25, -0.2) is 15.0 Å². The van der Waals surface area contributed by atoms with Gasteiger partial charge in [0.2, 0.25) is 5.95 Å². The lowest BCUT2D eigenvalue weighted by molar-refractivity contribution is -0.155. The number of carbonyl (C=O) groups is 2. The van der Waals surface area contributed by atoms with Crippen LogP contribution in [0.1, 0.15) is 26.5 Å². The third-order valence-corrected chi connectivity index (χ3v) is 3.92. The quantitative estimate of drug-likeness (QED) is 0.303. The van der Waals surface area contributed by atoms with Gasteiger partial charge in [0, 0.05) is 30.1 Å². The zero-order valence-electron chi connectivity index (χ0n) is 15.2. The van der Waals surface area contributed by atoms with Crippen molar-refractivity contribution in [1.29, 1.82) is 0 Å². The lowest BCUT2D eigenvalue weighted by Gasteiger charge is -2.17. The molecule has 0 bridgehead atoms. The molecule has 1 aliphatic rings. The standard InChI is InChI=1S/C14H14N10O5/c1-6(25)27-4-9-8(28-7(2)26)3-10(29-9)24-5-17-11-12(20-22-15)18-14(21-23-16)19-13(11)24/h5,8-10H,3-4H2,1-2H3. The Morgan fingerprint density at radius 1 is 1.28 bits per heavy atom. The predicted octanol–water partition coefficient (Wildman–Crippen LogP) is 2.49. The molecule has 0 aliphatic carbocycles. The van der Waals surface area contributed by atoms with Gasteiger partial charge in [0.1, 0.15) is 30.6 Å². The van der Waals surface area contributed by atoms with Crippen LogP contribution in [0, 0.1) is 0 Å². The van der Waals surface area contributed by atoms with Crippen LogP contribution in [0.25, 0.3) is 32.0 Å². The minimum atomic E-state index is -0.708. The molecule has 1 saturated heterocycles. The minimum absolute atomic E-state index is 0.112. The first-order valence-corrected chi connectivity index (χ1v) is 8.23. The molecule has 15 nitrogen and oxygen atoms in total. The van der Waals surface area contributed by atoms with E-state index < -0.39 is 30.4 Å². The molecule has 0 N–H and O–H groups in total. The molecule has 2 aromatic rings. The van der Waals surface area contributed by atoms with E-state index in [-0.39, 0.29) is 36.0 Å². The zero-order valence-corrected chi connectivity index (χ0v) is 15.2. The summed E-state index contributed by atoms with van der Waals surface area (Å²) in [6.07, 6.45) is -0.490. The zero-order chi connectivity index (χ0) is 21.0. The number of rotatable bonds is 6. The Morgan fingerprint density at radius 3 is 2.69 bits per heavy atom. The van der Waals surface area contributed by atoms with Crippen LogP contribution in [0.2, 0.25) is 0 Å². The van der Waals surface area contributed by atoms with Crippen LogP contribution >= 0.6 is 0 Å². The van der Waals surface area contributed by atoms with Gasteiger partial charge in [-0.15, -0.1) is 0 Å². The van der Waals surface area contributed by atoms with E-state index in [9.17, 15) is 9.59 Å². The van der Waals surface area contributed by atoms with Crippen molar-refractivity contribution in [3.8, 4) is 0 Å². The Labute approximate surface area is 161 Å². The van der Waals surface area contributed by atoms with E-state index in [1.54, 1.807) is 0 Å². The highest BCUT2D eigenvalue weighted by Crippen LogP contribution is 2.34. The number of imidazole rings is 1. The average Bonchev–Trinajstić information content (AvgIpc) is 3.24. The Bertz CT molecular complexity index is 1050. The van der Waals surface area contributed by atoms with Crippen LogP contribution in [0.3, 0.4) is 0 Å². The molecule has 15 heteroatoms. The van der Waals surface area contributed by atoms with Gasteiger partial charge in [0.05, 0.1) is 6.33 Å². The fourth-order valence-electron chi connectivity index (χ4n) is 2.86. The Kier molecular flexibility index (Phi) is 5.74. The summed E-state index contributed by atoms with van der Waals surface area (Å²) in [4.78, 5) is 39.9. The molecule has 29 heavy (non-hydrogen) atoms. The summed E-state index contributed by atoms with van der Waals surface area (Å²) in [7, 11) is 0. The molecule has 3 heterocycles. The van der Waals surface area contributed by atoms with Crippen molar-refractivity contribution in [1.82, 2.24) is 19.5 Å². The number of carbonyl (C=O) groups excluding carboxylic acids is 2. The van der Waals surface area contributed by atoms with Crippen LogP contribution in [-0.4, -0.2) is 50.3 Å². The van der Waals surface area contributed by atoms with E-state index in [2.05, 4.69) is 35.0 Å². The SMILES string of the molecule is CC(=O)OCC1OC(n2cnc3c(N=[N+]=[N-])nc(N=[N+]=[N-])nc32)CC1OC(C)=O. The van der Waals surface area contributed by atoms with Crippen molar-refractivity contribution in [2.75, 3.05) is 6.61 Å². The van der Waals surface area contributed by atoms with Gasteiger partial charge in [-0.1, -0.05) is 0 Å². The average molecular weight is 402 g/mol. The maximum absolute atomic E-state index is 11.4. The Morgan fingerprint density at radius 2 is 2.03 bits per heavy atom. The van der Waals surface area contributed by atoms with Crippen LogP contribution in [0.15, 0.2) is 16.6 Å². The van der Waals surface area contributed by atoms with E-state index in [1.165, 1.54) is 24.7 Å². The van der Waals surface area contributed by atoms with E-state index >= 15 is 0 Å². The molecule has 0 aromatic carbocycles. The van der Waals surface area contributed by atoms with Crippen LogP contribution < -0.4 is 0 Å². The predicted molar refractivity (Wildman–Crippen MR) is 93.6 cm³/mol. The number of hydrogen-bond donors (Lipinski definition) is 0. The van der Waals surface area contributed by atoms with Crippen molar-refractivity contribution in [2.45, 2.75) is 38.7 Å². The molecule has 3 rings (SSSR count). The van der Waals surface area contributed by atoms with Gasteiger partial charge in [0.15, 0.2) is 11.5 Å². The number of hydrogen-bond acceptors (Lipinski definition) is 10. The van der Waals surface area contributed by atoms with E-state index in [0.717, 1.165) is 0 Å². The minimum Gasteiger partial charge on any atom is -0.463 e. The summed E-state index contributed by atoms with van der Waals surface area (Å²) in [6.45, 7) is 2.40. The first-order valence-electron chi connectivity index (χ1n) is 8.23. The number of aromatic nitrogens is 4. The lowest BCUT2D eigenvalue weighted by atomic mass is 10.2. The number of esters is 2. The molecule has 1 aliphatic heterocycles. The maximum Gasteiger partial charge on any atom is 0.303 e. The van der Waals surface area contributed by atoms with Crippen molar-refractivity contribution < 1.29 is 23.8 Å². The van der Waals surface area contributed by atoms with Crippen LogP contribution in [-0.2, 0) is 23.8 Å². The van der Waals surface area contributed by atoms with Gasteiger partial charge in [-0.05, 0) is 21.3 Å². The summed E-state index contributed by atoms with van der Waals surface area (Å²) < 4.78 is 17.6. The molecule has 150 valence electrons. The molecule has 0 amide bonds. The van der Waals surface area contributed by atoms with Crippen molar-refractivity contribution in [3.05, 3.63) is 27.2 Å². The molecule has 3 unspecified atom stereocenters. The van der Waals surface area contributed by atoms with E-state index in [0.29, 0.717) is 0 Å². The third kappa shape index (κ3) is 4.32. The molecule has 0 saturated carbocycles. The molecule has 2 aromatic heterocycles. The first-order chi connectivity index (χ1) is 13.9. The van der Waals surface area contributed by atoms with Gasteiger partial charge >= 0.3 is 11.9 Å². The maximum atomic E-state index is 11.4. The lowest BCUT2D eigenvalue weighted by Crippen LogP contribution is -2.31. The topological polar surface area (TPSA) is 203 Å². The normalized spacial score (nSPS) is 20.6. The molecular formula is C14H14N10O5. The summed E-state index contributed by atoms with van der Waals surface area (Å²) in [6, 6.07) is 0. The van der Waals surface area contributed by atoms with Gasteiger partial charge in [-0.3, -0.25) is 14.2 Å². The smallest absolute Gasteiger partial charge is 0.303 e. The Balaban J connectivity index is 1.98. The highest BCUT2D eigenvalue weighted by atomic mass is 16.6. The van der Waals surface area contributed by atoms with Crippen molar-refractivity contribution in [3.63, 3.8) is 0 Å². The van der Waals surface area contributed by atoms with Crippen molar-refractivity contribution in [2.24, 2.45) is 10.2 Å². The van der Waals surface area contributed by atoms with Crippen LogP contribution in [0.4, 0.5) is 11.8 Å². The molecule has 1 fully saturated rings. The third-order valence-electron chi connectivity index (χ3n) is 3.92. The highest BCUT2D eigenvalue weighted by Gasteiger charge is 2.40. The molecule has 0 spiro atoms. The number of nitrogens with zero attached hydrogens (tertiary/aromatic N) is 10. The van der Waals surface area contributed by atoms with Gasteiger partial charge in [-0.2, -0.15) is 0 Å². The number of fused-ring (bicyclic) bond motifs is 1. The number of ether oxygens (including phenoxy) is 3. The van der Waals surface area contributed by atoms with E-state index in [1.807, 2.05) is 0 Å².